The molecular weight excluding hydrogens is 198 g/mol. The average Bonchev–Trinajstić information content (AvgIpc) is 2.20. The predicted octanol–water partition coefficient (Wildman–Crippen LogP) is 0.214. The summed E-state index contributed by atoms with van der Waals surface area (Å²) in [4.78, 5) is 22.3. The van der Waals surface area contributed by atoms with Gasteiger partial charge in [-0.25, -0.2) is 4.79 Å². The van der Waals surface area contributed by atoms with Crippen molar-refractivity contribution in [3.63, 3.8) is 0 Å². The van der Waals surface area contributed by atoms with E-state index in [0.717, 1.165) is 6.08 Å². The number of methoxy groups -OCH3 is 1. The van der Waals surface area contributed by atoms with Gasteiger partial charge in [0.25, 0.3) is 5.91 Å². The molecule has 1 aliphatic heterocycles. The minimum Gasteiger partial charge on any atom is -0.486 e. The van der Waals surface area contributed by atoms with Crippen LogP contribution >= 0.6 is 0 Å². The second-order valence-electron chi connectivity index (χ2n) is 3.67. The topological polar surface area (TPSA) is 64.6 Å². The van der Waals surface area contributed by atoms with Crippen LogP contribution in [0, 0.1) is 5.92 Å². The number of hydrogen-bond acceptors (Lipinski definition) is 4. The van der Waals surface area contributed by atoms with Gasteiger partial charge in [0.15, 0.2) is 5.76 Å². The van der Waals surface area contributed by atoms with Crippen molar-refractivity contribution in [3.05, 3.63) is 11.8 Å². The molecule has 0 aromatic heterocycles. The zero-order valence-corrected chi connectivity index (χ0v) is 9.07. The van der Waals surface area contributed by atoms with Gasteiger partial charge in [-0.2, -0.15) is 0 Å². The molecule has 1 amide bonds. The first-order valence-electron chi connectivity index (χ1n) is 4.78. The first kappa shape index (κ1) is 11.6. The van der Waals surface area contributed by atoms with Crippen LogP contribution in [0.2, 0.25) is 0 Å². The zero-order valence-electron chi connectivity index (χ0n) is 9.07. The second kappa shape index (κ2) is 4.82. The summed E-state index contributed by atoms with van der Waals surface area (Å²) in [6, 6.07) is -0.00713. The Bertz CT molecular complexity index is 296. The molecule has 0 aromatic carbocycles. The number of ether oxygens (including phenoxy) is 2. The van der Waals surface area contributed by atoms with E-state index in [1.165, 1.54) is 7.11 Å². The van der Waals surface area contributed by atoms with Gasteiger partial charge in [-0.1, -0.05) is 13.8 Å². The molecule has 5 heteroatoms. The van der Waals surface area contributed by atoms with Crippen molar-refractivity contribution in [1.29, 1.82) is 0 Å². The molecule has 1 saturated heterocycles. The normalized spacial score (nSPS) is 23.6. The van der Waals surface area contributed by atoms with Crippen molar-refractivity contribution in [2.45, 2.75) is 19.9 Å². The minimum absolute atomic E-state index is 0.00713. The van der Waals surface area contributed by atoms with Crippen LogP contribution < -0.4 is 5.32 Å². The van der Waals surface area contributed by atoms with Crippen molar-refractivity contribution in [1.82, 2.24) is 5.32 Å². The van der Waals surface area contributed by atoms with E-state index in [-0.39, 0.29) is 17.7 Å². The van der Waals surface area contributed by atoms with Crippen LogP contribution in [0.5, 0.6) is 0 Å². The Morgan fingerprint density at radius 3 is 2.80 bits per heavy atom. The molecule has 1 unspecified atom stereocenters. The molecule has 1 rings (SSSR count). The Morgan fingerprint density at radius 1 is 1.67 bits per heavy atom. The third-order valence-corrected chi connectivity index (χ3v) is 2.21. The number of carbonyl (C=O) groups excluding carboxylic acids is 2. The van der Waals surface area contributed by atoms with E-state index in [1.54, 1.807) is 0 Å². The van der Waals surface area contributed by atoms with Gasteiger partial charge in [0.2, 0.25) is 0 Å². The molecule has 5 nitrogen and oxygen atoms in total. The highest BCUT2D eigenvalue weighted by molar-refractivity contribution is 5.98. The number of carbonyl (C=O) groups is 2. The first-order valence-corrected chi connectivity index (χ1v) is 4.78. The van der Waals surface area contributed by atoms with Gasteiger partial charge in [-0.05, 0) is 5.92 Å². The molecule has 0 aromatic rings. The molecule has 0 bridgehead atoms. The lowest BCUT2D eigenvalue weighted by atomic mass is 10.0. The van der Waals surface area contributed by atoms with E-state index in [2.05, 4.69) is 10.1 Å². The molecule has 1 heterocycles. The summed E-state index contributed by atoms with van der Waals surface area (Å²) >= 11 is 0. The van der Waals surface area contributed by atoms with Crippen molar-refractivity contribution >= 4 is 11.9 Å². The molecule has 0 radical (unpaired) electrons. The lowest BCUT2D eigenvalue weighted by molar-refractivity contribution is -0.136. The maximum atomic E-state index is 11.4. The Morgan fingerprint density at radius 2 is 2.33 bits per heavy atom. The number of nitrogens with one attached hydrogen (secondary N) is 1. The number of amides is 1. The lowest BCUT2D eigenvalue weighted by Crippen LogP contribution is -2.47. The number of rotatable bonds is 2. The molecule has 0 saturated carbocycles. The molecule has 84 valence electrons. The van der Waals surface area contributed by atoms with Crippen LogP contribution in [-0.4, -0.2) is 31.6 Å². The van der Waals surface area contributed by atoms with Crippen molar-refractivity contribution in [2.24, 2.45) is 5.92 Å². The van der Waals surface area contributed by atoms with Gasteiger partial charge in [0.05, 0.1) is 19.2 Å². The van der Waals surface area contributed by atoms with E-state index in [1.807, 2.05) is 13.8 Å². The molecule has 0 aliphatic carbocycles. The molecule has 15 heavy (non-hydrogen) atoms. The summed E-state index contributed by atoms with van der Waals surface area (Å²) in [6.45, 7) is 4.36. The van der Waals surface area contributed by atoms with Crippen LogP contribution in [0.4, 0.5) is 0 Å². The third-order valence-electron chi connectivity index (χ3n) is 2.21. The number of esters is 1. The monoisotopic (exact) mass is 213 g/mol. The Balaban J connectivity index is 2.64. The first-order chi connectivity index (χ1) is 7.04. The number of hydrogen-bond donors (Lipinski definition) is 1. The molecule has 1 fully saturated rings. The summed E-state index contributed by atoms with van der Waals surface area (Å²) in [5, 5.41) is 2.76. The van der Waals surface area contributed by atoms with Gasteiger partial charge in [0.1, 0.15) is 6.61 Å². The fraction of sp³-hybridized carbons (Fsp3) is 0.600. The van der Waals surface area contributed by atoms with Gasteiger partial charge < -0.3 is 14.8 Å². The van der Waals surface area contributed by atoms with Crippen molar-refractivity contribution in [2.75, 3.05) is 13.7 Å². The van der Waals surface area contributed by atoms with Crippen LogP contribution in [0.1, 0.15) is 13.8 Å². The van der Waals surface area contributed by atoms with E-state index < -0.39 is 5.97 Å². The fourth-order valence-corrected chi connectivity index (χ4v) is 1.16. The van der Waals surface area contributed by atoms with E-state index >= 15 is 0 Å². The standard InChI is InChI=1S/C10H15NO4/c1-6(2)7-5-15-8(10(13)11-7)4-9(12)14-3/h4,6-7H,5H2,1-3H3,(H,11,13)/b8-4+. The van der Waals surface area contributed by atoms with Crippen molar-refractivity contribution in [3.8, 4) is 0 Å². The maximum absolute atomic E-state index is 11.4. The summed E-state index contributed by atoms with van der Waals surface area (Å²) in [5.41, 5.74) is 0. The van der Waals surface area contributed by atoms with Gasteiger partial charge in [0, 0.05) is 0 Å². The Hall–Kier alpha value is -1.52. The smallest absolute Gasteiger partial charge is 0.334 e. The van der Waals surface area contributed by atoms with Crippen LogP contribution in [0.25, 0.3) is 0 Å². The second-order valence-corrected chi connectivity index (χ2v) is 3.67. The maximum Gasteiger partial charge on any atom is 0.334 e. The van der Waals surface area contributed by atoms with E-state index in [4.69, 9.17) is 4.74 Å². The van der Waals surface area contributed by atoms with E-state index in [9.17, 15) is 9.59 Å². The third kappa shape index (κ3) is 2.97. The van der Waals surface area contributed by atoms with E-state index in [0.29, 0.717) is 12.5 Å². The SMILES string of the molecule is COC(=O)/C=C1/OCC(C(C)C)NC1=O. The lowest BCUT2D eigenvalue weighted by Gasteiger charge is -2.28. The Labute approximate surface area is 88.4 Å². The molecule has 1 aliphatic rings. The predicted molar refractivity (Wildman–Crippen MR) is 52.8 cm³/mol. The summed E-state index contributed by atoms with van der Waals surface area (Å²) in [5.74, 6) is -0.652. The fourth-order valence-electron chi connectivity index (χ4n) is 1.16. The highest BCUT2D eigenvalue weighted by Gasteiger charge is 2.26. The molecular formula is C10H15NO4. The van der Waals surface area contributed by atoms with Crippen LogP contribution in [-0.2, 0) is 19.1 Å². The largest absolute Gasteiger partial charge is 0.486 e. The molecule has 1 N–H and O–H groups in total. The number of morpholine rings is 1. The summed E-state index contributed by atoms with van der Waals surface area (Å²) < 4.78 is 9.59. The van der Waals surface area contributed by atoms with Crippen LogP contribution in [0.15, 0.2) is 11.8 Å². The summed E-state index contributed by atoms with van der Waals surface area (Å²) in [6.07, 6.45) is 1.05. The van der Waals surface area contributed by atoms with Gasteiger partial charge in [-0.3, -0.25) is 4.79 Å². The Kier molecular flexibility index (Phi) is 3.71. The zero-order chi connectivity index (χ0) is 11.4. The molecule has 0 spiro atoms. The highest BCUT2D eigenvalue weighted by Crippen LogP contribution is 2.12. The summed E-state index contributed by atoms with van der Waals surface area (Å²) in [7, 11) is 1.25. The van der Waals surface area contributed by atoms with Crippen molar-refractivity contribution < 1.29 is 19.1 Å². The van der Waals surface area contributed by atoms with Gasteiger partial charge >= 0.3 is 5.97 Å². The van der Waals surface area contributed by atoms with Gasteiger partial charge in [-0.15, -0.1) is 0 Å². The quantitative estimate of drug-likeness (QED) is 0.526. The van der Waals surface area contributed by atoms with Crippen LogP contribution in [0.3, 0.4) is 0 Å². The minimum atomic E-state index is -0.594. The average molecular weight is 213 g/mol. The highest BCUT2D eigenvalue weighted by atomic mass is 16.5. The molecule has 1 atom stereocenters.